The maximum absolute atomic E-state index is 10.3. The lowest BCUT2D eigenvalue weighted by molar-refractivity contribution is -0.131. The van der Waals surface area contributed by atoms with Gasteiger partial charge in [0.15, 0.2) is 6.29 Å². The van der Waals surface area contributed by atoms with Crippen molar-refractivity contribution in [1.29, 1.82) is 0 Å². The Morgan fingerprint density at radius 3 is 2.30 bits per heavy atom. The summed E-state index contributed by atoms with van der Waals surface area (Å²) >= 11 is 0. The molecule has 0 saturated carbocycles. The number of aldehydes is 1. The van der Waals surface area contributed by atoms with Crippen LogP contribution in [0.1, 0.15) is 6.42 Å². The maximum Gasteiger partial charge on any atom is 0.219 e. The standard InChI is InChI=1S/C5H8N2O3/c6-3(1-5(7)10)4(9)2-8/h2-3H,1,6H2,(H2,7,10)/t3-/m0/s1. The second kappa shape index (κ2) is 3.73. The van der Waals surface area contributed by atoms with Crippen LogP contribution in [-0.2, 0) is 14.4 Å². The lowest BCUT2D eigenvalue weighted by atomic mass is 10.1. The second-order valence-corrected chi connectivity index (χ2v) is 1.80. The van der Waals surface area contributed by atoms with E-state index in [1.54, 1.807) is 0 Å². The third-order valence-corrected chi connectivity index (χ3v) is 0.903. The van der Waals surface area contributed by atoms with Crippen molar-refractivity contribution in [3.05, 3.63) is 0 Å². The third kappa shape index (κ3) is 2.93. The van der Waals surface area contributed by atoms with Crippen LogP contribution in [0.2, 0.25) is 0 Å². The third-order valence-electron chi connectivity index (χ3n) is 0.903. The minimum absolute atomic E-state index is 0.0770. The minimum atomic E-state index is -1.07. The lowest BCUT2D eigenvalue weighted by Crippen LogP contribution is -2.35. The highest BCUT2D eigenvalue weighted by Crippen LogP contribution is 1.85. The molecule has 0 aromatic rings. The van der Waals surface area contributed by atoms with Gasteiger partial charge in [-0.2, -0.15) is 0 Å². The number of ketones is 1. The fourth-order valence-electron chi connectivity index (χ4n) is 0.405. The van der Waals surface area contributed by atoms with Crippen LogP contribution in [0.5, 0.6) is 0 Å². The Labute approximate surface area is 57.4 Å². The number of Topliss-reactive ketones (excluding diaryl/α,β-unsaturated/α-hetero) is 1. The SMILES string of the molecule is NC(=O)C[C@H](N)C(=O)C=O. The molecule has 1 amide bonds. The van der Waals surface area contributed by atoms with Crippen LogP contribution in [0.3, 0.4) is 0 Å². The molecule has 4 N–H and O–H groups in total. The van der Waals surface area contributed by atoms with Gasteiger partial charge in [-0.25, -0.2) is 0 Å². The minimum Gasteiger partial charge on any atom is -0.370 e. The molecule has 10 heavy (non-hydrogen) atoms. The van der Waals surface area contributed by atoms with E-state index >= 15 is 0 Å². The van der Waals surface area contributed by atoms with Gasteiger partial charge in [-0.3, -0.25) is 14.4 Å². The van der Waals surface area contributed by atoms with Crippen molar-refractivity contribution < 1.29 is 14.4 Å². The molecule has 0 aliphatic rings. The summed E-state index contributed by atoms with van der Waals surface area (Å²) in [4.78, 5) is 30.2. The van der Waals surface area contributed by atoms with Gasteiger partial charge in [0.2, 0.25) is 11.7 Å². The average molecular weight is 144 g/mol. The van der Waals surface area contributed by atoms with Crippen molar-refractivity contribution in [3.8, 4) is 0 Å². The first kappa shape index (κ1) is 8.77. The summed E-state index contributed by atoms with van der Waals surface area (Å²) < 4.78 is 0. The first-order valence-corrected chi connectivity index (χ1v) is 2.61. The van der Waals surface area contributed by atoms with Gasteiger partial charge >= 0.3 is 0 Å². The van der Waals surface area contributed by atoms with Gasteiger partial charge in [0.25, 0.3) is 0 Å². The van der Waals surface area contributed by atoms with Gasteiger partial charge in [-0.15, -0.1) is 0 Å². The van der Waals surface area contributed by atoms with E-state index < -0.39 is 17.7 Å². The molecule has 56 valence electrons. The Hall–Kier alpha value is -1.23. The summed E-state index contributed by atoms with van der Waals surface area (Å²) in [7, 11) is 0. The molecule has 0 aromatic heterocycles. The molecule has 0 bridgehead atoms. The van der Waals surface area contributed by atoms with E-state index in [1.807, 2.05) is 0 Å². The predicted octanol–water partition coefficient (Wildman–Crippen LogP) is -2.04. The Morgan fingerprint density at radius 2 is 2.00 bits per heavy atom. The van der Waals surface area contributed by atoms with Crippen molar-refractivity contribution in [2.75, 3.05) is 0 Å². The van der Waals surface area contributed by atoms with E-state index in [9.17, 15) is 14.4 Å². The molecule has 0 aliphatic carbocycles. The Kier molecular flexibility index (Phi) is 3.27. The van der Waals surface area contributed by atoms with E-state index in [1.165, 1.54) is 0 Å². The quantitative estimate of drug-likeness (QED) is 0.350. The van der Waals surface area contributed by atoms with Gasteiger partial charge in [0.05, 0.1) is 6.04 Å². The molecular formula is C5H8N2O3. The molecule has 0 aromatic carbocycles. The Bertz CT molecular complexity index is 166. The number of hydrogen-bond donors (Lipinski definition) is 2. The van der Waals surface area contributed by atoms with Crippen molar-refractivity contribution >= 4 is 18.0 Å². The fraction of sp³-hybridized carbons (Fsp3) is 0.400. The highest BCUT2D eigenvalue weighted by molar-refractivity contribution is 6.27. The van der Waals surface area contributed by atoms with Crippen LogP contribution in [-0.4, -0.2) is 24.0 Å². The highest BCUT2D eigenvalue weighted by Gasteiger charge is 2.13. The van der Waals surface area contributed by atoms with Crippen LogP contribution in [0.4, 0.5) is 0 Å². The highest BCUT2D eigenvalue weighted by atomic mass is 16.2. The maximum atomic E-state index is 10.3. The van der Waals surface area contributed by atoms with Crippen LogP contribution < -0.4 is 11.5 Å². The van der Waals surface area contributed by atoms with E-state index in [0.29, 0.717) is 0 Å². The zero-order valence-electron chi connectivity index (χ0n) is 5.24. The average Bonchev–Trinajstić information content (AvgIpc) is 1.85. The molecule has 1 atom stereocenters. The van der Waals surface area contributed by atoms with E-state index in [2.05, 4.69) is 0 Å². The molecule has 5 heteroatoms. The summed E-state index contributed by atoms with van der Waals surface area (Å²) in [5.41, 5.74) is 9.75. The molecule has 0 fully saturated rings. The van der Waals surface area contributed by atoms with E-state index in [4.69, 9.17) is 11.5 Å². The van der Waals surface area contributed by atoms with Crippen molar-refractivity contribution in [1.82, 2.24) is 0 Å². The van der Waals surface area contributed by atoms with Gasteiger partial charge in [-0.05, 0) is 0 Å². The normalized spacial score (nSPS) is 12.1. The summed E-state index contributed by atoms with van der Waals surface area (Å²) in [5.74, 6) is -1.50. The number of rotatable bonds is 4. The number of carbonyl (C=O) groups excluding carboxylic acids is 3. The summed E-state index contributed by atoms with van der Waals surface area (Å²) in [6.45, 7) is 0. The van der Waals surface area contributed by atoms with Crippen molar-refractivity contribution in [3.63, 3.8) is 0 Å². The molecular weight excluding hydrogens is 136 g/mol. The molecule has 0 rings (SSSR count). The number of hydrogen-bond acceptors (Lipinski definition) is 4. The second-order valence-electron chi connectivity index (χ2n) is 1.80. The summed E-state index contributed by atoms with van der Waals surface area (Å²) in [5, 5.41) is 0. The van der Waals surface area contributed by atoms with Crippen LogP contribution in [0, 0.1) is 0 Å². The largest absolute Gasteiger partial charge is 0.370 e. The smallest absolute Gasteiger partial charge is 0.219 e. The van der Waals surface area contributed by atoms with E-state index in [-0.39, 0.29) is 12.7 Å². The van der Waals surface area contributed by atoms with E-state index in [0.717, 1.165) is 0 Å². The number of carbonyl (C=O) groups is 3. The molecule has 0 heterocycles. The molecule has 0 aliphatic heterocycles. The Balaban J connectivity index is 3.84. The monoisotopic (exact) mass is 144 g/mol. The zero-order chi connectivity index (χ0) is 8.15. The first-order chi connectivity index (χ1) is 4.57. The van der Waals surface area contributed by atoms with Gasteiger partial charge in [-0.1, -0.05) is 0 Å². The number of amides is 1. The van der Waals surface area contributed by atoms with Crippen LogP contribution in [0.25, 0.3) is 0 Å². The topological polar surface area (TPSA) is 103 Å². The van der Waals surface area contributed by atoms with Gasteiger partial charge in [0.1, 0.15) is 0 Å². The van der Waals surface area contributed by atoms with Crippen LogP contribution in [0.15, 0.2) is 0 Å². The number of nitrogens with two attached hydrogens (primary N) is 2. The summed E-state index contributed by atoms with van der Waals surface area (Å²) in [6, 6.07) is -1.07. The predicted molar refractivity (Wildman–Crippen MR) is 32.9 cm³/mol. The fourth-order valence-corrected chi connectivity index (χ4v) is 0.405. The van der Waals surface area contributed by atoms with Gasteiger partial charge in [0, 0.05) is 6.42 Å². The lowest BCUT2D eigenvalue weighted by Gasteiger charge is -2.00. The molecule has 0 spiro atoms. The molecule has 0 unspecified atom stereocenters. The molecule has 0 saturated heterocycles. The number of primary amides is 1. The Morgan fingerprint density at radius 1 is 1.50 bits per heavy atom. The van der Waals surface area contributed by atoms with Crippen molar-refractivity contribution in [2.45, 2.75) is 12.5 Å². The van der Waals surface area contributed by atoms with Gasteiger partial charge < -0.3 is 11.5 Å². The molecule has 0 radical (unpaired) electrons. The molecule has 5 nitrogen and oxygen atoms in total. The summed E-state index contributed by atoms with van der Waals surface area (Å²) in [6.07, 6.45) is -0.203. The van der Waals surface area contributed by atoms with Crippen molar-refractivity contribution in [2.24, 2.45) is 11.5 Å². The zero-order valence-corrected chi connectivity index (χ0v) is 5.24. The first-order valence-electron chi connectivity index (χ1n) is 2.61. The van der Waals surface area contributed by atoms with Crippen LogP contribution >= 0.6 is 0 Å².